The van der Waals surface area contributed by atoms with Gasteiger partial charge < -0.3 is 9.47 Å². The van der Waals surface area contributed by atoms with Gasteiger partial charge in [0, 0.05) is 10.0 Å². The van der Waals surface area contributed by atoms with Crippen LogP contribution in [-0.4, -0.2) is 31.5 Å². The summed E-state index contributed by atoms with van der Waals surface area (Å²) in [6.45, 7) is -0.542. The van der Waals surface area contributed by atoms with E-state index in [9.17, 15) is 14.4 Å². The van der Waals surface area contributed by atoms with Gasteiger partial charge in [-0.3, -0.25) is 25.2 Å². The fourth-order valence-electron chi connectivity index (χ4n) is 2.05. The second-order valence-corrected chi connectivity index (χ2v) is 6.18. The predicted molar refractivity (Wildman–Crippen MR) is 99.7 cm³/mol. The van der Waals surface area contributed by atoms with Gasteiger partial charge in [0.15, 0.2) is 6.61 Å². The molecule has 0 aromatic heterocycles. The van der Waals surface area contributed by atoms with Crippen molar-refractivity contribution in [2.45, 2.75) is 6.42 Å². The number of benzene rings is 2. The van der Waals surface area contributed by atoms with Gasteiger partial charge in [-0.15, -0.1) is 0 Å². The summed E-state index contributed by atoms with van der Waals surface area (Å²) >= 11 is 11.6. The molecule has 0 radical (unpaired) electrons. The molecule has 2 aromatic rings. The van der Waals surface area contributed by atoms with Gasteiger partial charge in [-0.05, 0) is 35.9 Å². The van der Waals surface area contributed by atoms with E-state index < -0.39 is 24.4 Å². The van der Waals surface area contributed by atoms with Crippen molar-refractivity contribution in [3.05, 3.63) is 63.6 Å². The van der Waals surface area contributed by atoms with E-state index in [1.165, 1.54) is 19.2 Å². The Bertz CT molecular complexity index is 840. The van der Waals surface area contributed by atoms with Crippen molar-refractivity contribution in [1.82, 2.24) is 10.9 Å². The molecule has 0 aliphatic heterocycles. The lowest BCUT2D eigenvalue weighted by Gasteiger charge is -2.11. The van der Waals surface area contributed by atoms with Gasteiger partial charge in [0.25, 0.3) is 11.8 Å². The number of hydrazine groups is 1. The third-order valence-corrected chi connectivity index (χ3v) is 3.83. The van der Waals surface area contributed by atoms with Crippen molar-refractivity contribution in [1.29, 1.82) is 0 Å². The van der Waals surface area contributed by atoms with Crippen LogP contribution in [0.2, 0.25) is 10.0 Å². The topological polar surface area (TPSA) is 93.7 Å². The SMILES string of the molecule is COc1ccc(Cl)cc1C(=O)NNC(=O)COC(=O)Cc1ccc(Cl)cc1. The van der Waals surface area contributed by atoms with E-state index in [-0.39, 0.29) is 12.0 Å². The molecule has 2 amide bonds. The van der Waals surface area contributed by atoms with Crippen LogP contribution >= 0.6 is 23.2 Å². The summed E-state index contributed by atoms with van der Waals surface area (Å²) in [4.78, 5) is 35.6. The normalized spacial score (nSPS) is 10.0. The zero-order valence-corrected chi connectivity index (χ0v) is 15.8. The minimum absolute atomic E-state index is 0.00345. The largest absolute Gasteiger partial charge is 0.496 e. The Morgan fingerprint density at radius 3 is 2.30 bits per heavy atom. The standard InChI is InChI=1S/C18H16Cl2N2O5/c1-26-15-7-6-13(20)9-14(15)18(25)22-21-16(23)10-27-17(24)8-11-2-4-12(19)5-3-11/h2-7,9H,8,10H2,1H3,(H,21,23)(H,22,25). The Morgan fingerprint density at radius 2 is 1.63 bits per heavy atom. The summed E-state index contributed by atoms with van der Waals surface area (Å²) in [5.74, 6) is -1.63. The van der Waals surface area contributed by atoms with Gasteiger partial charge in [0.1, 0.15) is 5.75 Å². The number of hydrogen-bond donors (Lipinski definition) is 2. The molecule has 2 aromatic carbocycles. The van der Waals surface area contributed by atoms with Crippen molar-refractivity contribution >= 4 is 41.0 Å². The van der Waals surface area contributed by atoms with Crippen LogP contribution in [0, 0.1) is 0 Å². The first-order chi connectivity index (χ1) is 12.9. The van der Waals surface area contributed by atoms with Crippen LogP contribution in [0.3, 0.4) is 0 Å². The molecule has 0 atom stereocenters. The quantitative estimate of drug-likeness (QED) is 0.563. The molecule has 0 saturated heterocycles. The van der Waals surface area contributed by atoms with E-state index >= 15 is 0 Å². The molecule has 0 bridgehead atoms. The first kappa shape index (κ1) is 20.5. The highest BCUT2D eigenvalue weighted by molar-refractivity contribution is 6.31. The highest BCUT2D eigenvalue weighted by Gasteiger charge is 2.14. The van der Waals surface area contributed by atoms with E-state index in [4.69, 9.17) is 32.7 Å². The Kier molecular flexibility index (Phi) is 7.45. The summed E-state index contributed by atoms with van der Waals surface area (Å²) in [6.07, 6.45) is -0.00345. The van der Waals surface area contributed by atoms with Gasteiger partial charge in [-0.1, -0.05) is 35.3 Å². The fraction of sp³-hybridized carbons (Fsp3) is 0.167. The maximum Gasteiger partial charge on any atom is 0.310 e. The molecular weight excluding hydrogens is 395 g/mol. The maximum absolute atomic E-state index is 12.1. The molecule has 0 heterocycles. The molecule has 0 aliphatic carbocycles. The van der Waals surface area contributed by atoms with Crippen molar-refractivity contribution in [3.8, 4) is 5.75 Å². The molecule has 27 heavy (non-hydrogen) atoms. The monoisotopic (exact) mass is 410 g/mol. The first-order valence-electron chi connectivity index (χ1n) is 7.72. The van der Waals surface area contributed by atoms with E-state index in [0.717, 1.165) is 0 Å². The van der Waals surface area contributed by atoms with Crippen LogP contribution in [0.5, 0.6) is 5.75 Å². The van der Waals surface area contributed by atoms with Gasteiger partial charge in [0.05, 0.1) is 19.1 Å². The number of carbonyl (C=O) groups is 3. The second kappa shape index (κ2) is 9.80. The number of rotatable bonds is 6. The van der Waals surface area contributed by atoms with E-state index in [1.54, 1.807) is 30.3 Å². The van der Waals surface area contributed by atoms with Crippen molar-refractivity contribution < 1.29 is 23.9 Å². The van der Waals surface area contributed by atoms with Crippen LogP contribution in [0.15, 0.2) is 42.5 Å². The molecule has 0 spiro atoms. The number of esters is 1. The first-order valence-corrected chi connectivity index (χ1v) is 8.47. The van der Waals surface area contributed by atoms with E-state index in [1.807, 2.05) is 0 Å². The molecule has 0 aliphatic rings. The molecular formula is C18H16Cl2N2O5. The second-order valence-electron chi connectivity index (χ2n) is 5.31. The van der Waals surface area contributed by atoms with Crippen molar-refractivity contribution in [2.24, 2.45) is 0 Å². The molecule has 2 rings (SSSR count). The third-order valence-electron chi connectivity index (χ3n) is 3.35. The summed E-state index contributed by atoms with van der Waals surface area (Å²) in [6, 6.07) is 11.2. The van der Waals surface area contributed by atoms with Crippen LogP contribution in [0.25, 0.3) is 0 Å². The number of nitrogens with one attached hydrogen (secondary N) is 2. The fourth-order valence-corrected chi connectivity index (χ4v) is 2.35. The average Bonchev–Trinajstić information content (AvgIpc) is 2.66. The highest BCUT2D eigenvalue weighted by atomic mass is 35.5. The number of halogens is 2. The number of methoxy groups -OCH3 is 1. The lowest BCUT2D eigenvalue weighted by atomic mass is 10.1. The Hall–Kier alpha value is -2.77. The minimum atomic E-state index is -0.700. The number of ether oxygens (including phenoxy) is 2. The molecule has 0 unspecified atom stereocenters. The van der Waals surface area contributed by atoms with Crippen molar-refractivity contribution in [2.75, 3.05) is 13.7 Å². The Balaban J connectivity index is 1.79. The third kappa shape index (κ3) is 6.47. The van der Waals surface area contributed by atoms with Gasteiger partial charge in [0.2, 0.25) is 0 Å². The van der Waals surface area contributed by atoms with E-state index in [0.29, 0.717) is 21.4 Å². The van der Waals surface area contributed by atoms with E-state index in [2.05, 4.69) is 10.9 Å². The van der Waals surface area contributed by atoms with Crippen LogP contribution in [0.4, 0.5) is 0 Å². The van der Waals surface area contributed by atoms with Crippen LogP contribution < -0.4 is 15.6 Å². The zero-order valence-electron chi connectivity index (χ0n) is 14.3. The van der Waals surface area contributed by atoms with Crippen LogP contribution in [0.1, 0.15) is 15.9 Å². The smallest absolute Gasteiger partial charge is 0.310 e. The summed E-state index contributed by atoms with van der Waals surface area (Å²) in [5.41, 5.74) is 5.19. The molecule has 9 heteroatoms. The number of amides is 2. The van der Waals surface area contributed by atoms with Gasteiger partial charge in [-0.2, -0.15) is 0 Å². The molecule has 142 valence electrons. The number of carbonyl (C=O) groups excluding carboxylic acids is 3. The summed E-state index contributed by atoms with van der Waals surface area (Å²) in [7, 11) is 1.40. The Morgan fingerprint density at radius 1 is 0.963 bits per heavy atom. The lowest BCUT2D eigenvalue weighted by Crippen LogP contribution is -2.43. The average molecular weight is 411 g/mol. The highest BCUT2D eigenvalue weighted by Crippen LogP contribution is 2.22. The molecule has 2 N–H and O–H groups in total. The molecule has 0 fully saturated rings. The zero-order chi connectivity index (χ0) is 19.8. The van der Waals surface area contributed by atoms with Gasteiger partial charge in [-0.25, -0.2) is 0 Å². The summed E-state index contributed by atoms with van der Waals surface area (Å²) in [5, 5.41) is 0.891. The van der Waals surface area contributed by atoms with Crippen molar-refractivity contribution in [3.63, 3.8) is 0 Å². The lowest BCUT2D eigenvalue weighted by molar-refractivity contribution is -0.148. The molecule has 7 nitrogen and oxygen atoms in total. The van der Waals surface area contributed by atoms with Gasteiger partial charge >= 0.3 is 5.97 Å². The number of hydrogen-bond acceptors (Lipinski definition) is 5. The predicted octanol–water partition coefficient (Wildman–Crippen LogP) is 2.55. The molecule has 0 saturated carbocycles. The van der Waals surface area contributed by atoms with Crippen LogP contribution in [-0.2, 0) is 20.7 Å². The minimum Gasteiger partial charge on any atom is -0.496 e. The Labute approximate surface area is 165 Å². The summed E-state index contributed by atoms with van der Waals surface area (Å²) < 4.78 is 9.92. The maximum atomic E-state index is 12.1.